The molecule has 1 atom stereocenters. The summed E-state index contributed by atoms with van der Waals surface area (Å²) in [5.74, 6) is 0. The van der Waals surface area contributed by atoms with Gasteiger partial charge >= 0.3 is 6.03 Å². The number of nitrogens with one attached hydrogen (secondary N) is 1. The first kappa shape index (κ1) is 14.9. The van der Waals surface area contributed by atoms with E-state index in [2.05, 4.69) is 10.3 Å². The van der Waals surface area contributed by atoms with Crippen molar-refractivity contribution >= 4 is 23.3 Å². The number of hydrogen-bond acceptors (Lipinski definition) is 3. The van der Waals surface area contributed by atoms with Crippen LogP contribution in [0.15, 0.2) is 36.7 Å². The monoisotopic (exact) mass is 320 g/mol. The van der Waals surface area contributed by atoms with Crippen LogP contribution in [-0.2, 0) is 11.8 Å². The zero-order valence-electron chi connectivity index (χ0n) is 12.2. The van der Waals surface area contributed by atoms with Crippen molar-refractivity contribution < 1.29 is 9.53 Å². The zero-order valence-corrected chi connectivity index (χ0v) is 13.0. The highest BCUT2D eigenvalue weighted by molar-refractivity contribution is 6.32. The zero-order chi connectivity index (χ0) is 15.5. The number of aryl methyl sites for hydroxylation is 1. The normalized spacial score (nSPS) is 18.3. The predicted octanol–water partition coefficient (Wildman–Crippen LogP) is 2.68. The third kappa shape index (κ3) is 2.93. The van der Waals surface area contributed by atoms with E-state index in [9.17, 15) is 4.79 Å². The molecule has 1 fully saturated rings. The molecule has 6 nitrogen and oxygen atoms in total. The molecular formula is C15H17ClN4O2. The van der Waals surface area contributed by atoms with Crippen molar-refractivity contribution in [3.8, 4) is 0 Å². The summed E-state index contributed by atoms with van der Waals surface area (Å²) < 4.78 is 7.54. The van der Waals surface area contributed by atoms with Crippen LogP contribution in [0.4, 0.5) is 10.5 Å². The van der Waals surface area contributed by atoms with E-state index >= 15 is 0 Å². The fourth-order valence-corrected chi connectivity index (χ4v) is 2.75. The molecule has 7 heteroatoms. The van der Waals surface area contributed by atoms with Crippen LogP contribution < -0.4 is 5.32 Å². The van der Waals surface area contributed by atoms with E-state index in [0.717, 1.165) is 5.69 Å². The van der Waals surface area contributed by atoms with Gasteiger partial charge in [0.15, 0.2) is 5.15 Å². The molecule has 0 aliphatic carbocycles. The first-order valence-electron chi connectivity index (χ1n) is 7.04. The molecule has 0 unspecified atom stereocenters. The molecule has 3 rings (SSSR count). The molecule has 0 bridgehead atoms. The van der Waals surface area contributed by atoms with Gasteiger partial charge in [0.1, 0.15) is 0 Å². The largest absolute Gasteiger partial charge is 0.377 e. The Morgan fingerprint density at radius 2 is 2.32 bits per heavy atom. The van der Waals surface area contributed by atoms with Crippen molar-refractivity contribution in [2.24, 2.45) is 7.05 Å². The van der Waals surface area contributed by atoms with Crippen LogP contribution in [0.5, 0.6) is 0 Å². The van der Waals surface area contributed by atoms with E-state index in [1.165, 1.54) is 0 Å². The molecule has 2 aromatic rings. The van der Waals surface area contributed by atoms with Gasteiger partial charge in [0.2, 0.25) is 0 Å². The molecule has 2 amide bonds. The Balaban J connectivity index is 1.80. The molecule has 1 aliphatic heterocycles. The number of anilines is 1. The first-order chi connectivity index (χ1) is 10.7. The summed E-state index contributed by atoms with van der Waals surface area (Å²) in [4.78, 5) is 18.3. The minimum absolute atomic E-state index is 0.121. The number of carbonyl (C=O) groups is 1. The topological polar surface area (TPSA) is 59.4 Å². The van der Waals surface area contributed by atoms with E-state index in [1.807, 2.05) is 29.9 Å². The minimum Gasteiger partial charge on any atom is -0.377 e. The van der Waals surface area contributed by atoms with Crippen molar-refractivity contribution in [3.05, 3.63) is 47.5 Å². The second kappa shape index (κ2) is 6.37. The molecule has 0 aromatic carbocycles. The molecule has 0 spiro atoms. The number of aromatic nitrogens is 2. The number of ether oxygens (including phenoxy) is 1. The summed E-state index contributed by atoms with van der Waals surface area (Å²) >= 11 is 6.00. The fourth-order valence-electron chi connectivity index (χ4n) is 2.58. The molecule has 116 valence electrons. The second-order valence-corrected chi connectivity index (χ2v) is 5.46. The quantitative estimate of drug-likeness (QED) is 0.865. The molecule has 1 N–H and O–H groups in total. The number of pyridine rings is 1. The van der Waals surface area contributed by atoms with Gasteiger partial charge in [-0.25, -0.2) is 9.78 Å². The lowest BCUT2D eigenvalue weighted by atomic mass is 10.1. The number of rotatable bonds is 2. The number of nitrogens with zero attached hydrogens (tertiary/aromatic N) is 3. The number of carbonyl (C=O) groups excluding carboxylic acids is 1. The smallest absolute Gasteiger partial charge is 0.322 e. The Bertz CT molecular complexity index is 673. The Morgan fingerprint density at radius 1 is 1.45 bits per heavy atom. The lowest BCUT2D eigenvalue weighted by Gasteiger charge is -2.35. The van der Waals surface area contributed by atoms with Crippen molar-refractivity contribution in [3.63, 3.8) is 0 Å². The average Bonchev–Trinajstić information content (AvgIpc) is 2.95. The average molecular weight is 321 g/mol. The lowest BCUT2D eigenvalue weighted by Crippen LogP contribution is -2.46. The maximum atomic E-state index is 12.6. The first-order valence-corrected chi connectivity index (χ1v) is 7.41. The Kier molecular flexibility index (Phi) is 4.31. The third-order valence-electron chi connectivity index (χ3n) is 3.72. The number of halogens is 1. The standard InChI is InChI=1S/C15H17ClN4O2/c1-19-7-3-5-12(19)13-10-22-9-8-20(13)15(21)18-11-4-2-6-17-14(11)16/h2-7,13H,8-10H2,1H3,(H,18,21)/t13-/m1/s1. The Labute approximate surface area is 133 Å². The van der Waals surface area contributed by atoms with E-state index in [0.29, 0.717) is 25.4 Å². The van der Waals surface area contributed by atoms with Gasteiger partial charge in [-0.3, -0.25) is 0 Å². The van der Waals surface area contributed by atoms with Crippen LogP contribution in [0.2, 0.25) is 5.15 Å². The summed E-state index contributed by atoms with van der Waals surface area (Å²) in [6, 6.07) is 7.09. The van der Waals surface area contributed by atoms with Crippen LogP contribution in [0.3, 0.4) is 0 Å². The van der Waals surface area contributed by atoms with Crippen LogP contribution in [0.1, 0.15) is 11.7 Å². The third-order valence-corrected chi connectivity index (χ3v) is 4.02. The van der Waals surface area contributed by atoms with Crippen LogP contribution >= 0.6 is 11.6 Å². The maximum Gasteiger partial charge on any atom is 0.322 e. The van der Waals surface area contributed by atoms with Gasteiger partial charge in [0.05, 0.1) is 24.9 Å². The molecule has 1 saturated heterocycles. The summed E-state index contributed by atoms with van der Waals surface area (Å²) in [6.07, 6.45) is 3.54. The van der Waals surface area contributed by atoms with Gasteiger partial charge in [-0.15, -0.1) is 0 Å². The molecule has 2 aromatic heterocycles. The number of amides is 2. The maximum absolute atomic E-state index is 12.6. The molecule has 3 heterocycles. The predicted molar refractivity (Wildman–Crippen MR) is 83.9 cm³/mol. The van der Waals surface area contributed by atoms with E-state index < -0.39 is 0 Å². The van der Waals surface area contributed by atoms with Gasteiger partial charge in [-0.2, -0.15) is 0 Å². The van der Waals surface area contributed by atoms with Gasteiger partial charge in [-0.05, 0) is 24.3 Å². The minimum atomic E-state index is -0.204. The molecule has 1 aliphatic rings. The van der Waals surface area contributed by atoms with Crippen molar-refractivity contribution in [1.29, 1.82) is 0 Å². The van der Waals surface area contributed by atoms with Gasteiger partial charge in [-0.1, -0.05) is 11.6 Å². The molecular weight excluding hydrogens is 304 g/mol. The highest BCUT2D eigenvalue weighted by atomic mass is 35.5. The Morgan fingerprint density at radius 3 is 3.05 bits per heavy atom. The SMILES string of the molecule is Cn1cccc1[C@H]1COCCN1C(=O)Nc1cccnc1Cl. The second-order valence-electron chi connectivity index (χ2n) is 5.10. The van der Waals surface area contributed by atoms with Crippen LogP contribution in [0, 0.1) is 0 Å². The number of urea groups is 1. The summed E-state index contributed by atoms with van der Waals surface area (Å²) in [5.41, 5.74) is 1.54. The van der Waals surface area contributed by atoms with E-state index in [1.54, 1.807) is 23.2 Å². The van der Waals surface area contributed by atoms with Crippen molar-refractivity contribution in [2.45, 2.75) is 6.04 Å². The number of hydrogen-bond donors (Lipinski definition) is 1. The molecule has 0 radical (unpaired) electrons. The summed E-state index contributed by atoms with van der Waals surface area (Å²) in [5, 5.41) is 3.10. The van der Waals surface area contributed by atoms with Crippen LogP contribution in [-0.4, -0.2) is 40.2 Å². The van der Waals surface area contributed by atoms with Gasteiger partial charge < -0.3 is 19.5 Å². The Hall–Kier alpha value is -2.05. The molecule has 22 heavy (non-hydrogen) atoms. The summed E-state index contributed by atoms with van der Waals surface area (Å²) in [6.45, 7) is 1.53. The fraction of sp³-hybridized carbons (Fsp3) is 0.333. The lowest BCUT2D eigenvalue weighted by molar-refractivity contribution is 0.0124. The van der Waals surface area contributed by atoms with Crippen LogP contribution in [0.25, 0.3) is 0 Å². The van der Waals surface area contributed by atoms with Crippen molar-refractivity contribution in [2.75, 3.05) is 25.1 Å². The molecule has 0 saturated carbocycles. The number of morpholine rings is 1. The highest BCUT2D eigenvalue weighted by Crippen LogP contribution is 2.26. The van der Waals surface area contributed by atoms with Crippen molar-refractivity contribution in [1.82, 2.24) is 14.5 Å². The van der Waals surface area contributed by atoms with E-state index in [-0.39, 0.29) is 17.2 Å². The van der Waals surface area contributed by atoms with Gasteiger partial charge in [0.25, 0.3) is 0 Å². The highest BCUT2D eigenvalue weighted by Gasteiger charge is 2.30. The van der Waals surface area contributed by atoms with Gasteiger partial charge in [0, 0.05) is 31.7 Å². The van der Waals surface area contributed by atoms with E-state index in [4.69, 9.17) is 16.3 Å². The summed E-state index contributed by atoms with van der Waals surface area (Å²) in [7, 11) is 1.96.